The topological polar surface area (TPSA) is 44.5 Å². The monoisotopic (exact) mass is 151 g/mol. The van der Waals surface area contributed by atoms with Crippen LogP contribution in [0.4, 0.5) is 0 Å². The molecule has 0 aromatic carbocycles. The smallest absolute Gasteiger partial charge is 0.108 e. The van der Waals surface area contributed by atoms with Crippen LogP contribution in [0.1, 0.15) is 6.42 Å². The Balaban J connectivity index is 3.22. The molecule has 4 heteroatoms. The van der Waals surface area contributed by atoms with Gasteiger partial charge in [0.15, 0.2) is 0 Å². The van der Waals surface area contributed by atoms with Gasteiger partial charge in [0.25, 0.3) is 0 Å². The quantitative estimate of drug-likeness (QED) is 0.459. The van der Waals surface area contributed by atoms with Crippen LogP contribution in [0.5, 0.6) is 0 Å². The van der Waals surface area contributed by atoms with E-state index >= 15 is 0 Å². The fourth-order valence-corrected chi connectivity index (χ4v) is 0.690. The second-order valence-corrected chi connectivity index (χ2v) is 2.53. The van der Waals surface area contributed by atoms with Gasteiger partial charge in [-0.05, 0) is 0 Å². The van der Waals surface area contributed by atoms with Crippen molar-refractivity contribution in [1.29, 1.82) is 0 Å². The van der Waals surface area contributed by atoms with Gasteiger partial charge in [-0.25, -0.2) is 0 Å². The van der Waals surface area contributed by atoms with Crippen LogP contribution in [0.3, 0.4) is 0 Å². The fourth-order valence-electron chi connectivity index (χ4n) is 0.421. The first-order valence-corrected chi connectivity index (χ1v) is 3.44. The fraction of sp³-hybridized carbons (Fsp3) is 1.00. The van der Waals surface area contributed by atoms with Crippen LogP contribution < -0.4 is 5.73 Å². The molecule has 3 nitrogen and oxygen atoms in total. The predicted molar refractivity (Wildman–Crippen MR) is 40.1 cm³/mol. The molecular formula is C5H14NO2P. The van der Waals surface area contributed by atoms with Crippen LogP contribution in [0.2, 0.25) is 0 Å². The maximum absolute atomic E-state index is 5.43. The first-order valence-electron chi connectivity index (χ1n) is 2.77. The van der Waals surface area contributed by atoms with Gasteiger partial charge in [-0.1, -0.05) is 0 Å². The minimum Gasteiger partial charge on any atom is -0.377 e. The molecule has 3 unspecified atom stereocenters. The van der Waals surface area contributed by atoms with Gasteiger partial charge in [0.05, 0.1) is 5.85 Å². The van der Waals surface area contributed by atoms with E-state index in [1.807, 2.05) is 0 Å². The summed E-state index contributed by atoms with van der Waals surface area (Å²) in [5.74, 6) is 0.0972. The highest BCUT2D eigenvalue weighted by Gasteiger charge is 2.05. The number of hydrogen-bond donors (Lipinski definition) is 1. The zero-order valence-corrected chi connectivity index (χ0v) is 6.99. The van der Waals surface area contributed by atoms with E-state index in [9.17, 15) is 0 Å². The summed E-state index contributed by atoms with van der Waals surface area (Å²) in [5, 5.41) is 0. The zero-order valence-electron chi connectivity index (χ0n) is 5.83. The van der Waals surface area contributed by atoms with Crippen LogP contribution in [0, 0.1) is 0 Å². The molecule has 0 amide bonds. The largest absolute Gasteiger partial charge is 0.377 e. The van der Waals surface area contributed by atoms with Crippen molar-refractivity contribution in [2.75, 3.05) is 14.2 Å². The number of ether oxygens (including phenoxy) is 2. The average Bonchev–Trinajstić information content (AvgIpc) is 1.87. The molecule has 0 rings (SSSR count). The molecule has 0 aliphatic heterocycles. The third-order valence-electron chi connectivity index (χ3n) is 1.07. The molecule has 0 saturated heterocycles. The zero-order chi connectivity index (χ0) is 7.28. The van der Waals surface area contributed by atoms with Crippen molar-refractivity contribution in [1.82, 2.24) is 0 Å². The summed E-state index contributed by atoms with van der Waals surface area (Å²) in [5.41, 5.74) is 5.43. The van der Waals surface area contributed by atoms with Crippen LogP contribution in [0.15, 0.2) is 0 Å². The minimum absolute atomic E-state index is 0.0972. The van der Waals surface area contributed by atoms with Gasteiger partial charge < -0.3 is 15.2 Å². The summed E-state index contributed by atoms with van der Waals surface area (Å²) in [6.07, 6.45) is 0.491. The van der Waals surface area contributed by atoms with Gasteiger partial charge in [0, 0.05) is 20.6 Å². The average molecular weight is 151 g/mol. The van der Waals surface area contributed by atoms with Crippen molar-refractivity contribution in [3.63, 3.8) is 0 Å². The van der Waals surface area contributed by atoms with E-state index in [0.29, 0.717) is 6.42 Å². The maximum Gasteiger partial charge on any atom is 0.108 e. The highest BCUT2D eigenvalue weighted by atomic mass is 31.0. The van der Waals surface area contributed by atoms with Gasteiger partial charge in [-0.3, -0.25) is 0 Å². The lowest BCUT2D eigenvalue weighted by atomic mass is 10.4. The molecule has 0 spiro atoms. The first kappa shape index (κ1) is 9.31. The molecule has 3 atom stereocenters. The Morgan fingerprint density at radius 2 is 2.00 bits per heavy atom. The Bertz CT molecular complexity index is 64.0. The van der Waals surface area contributed by atoms with Crippen LogP contribution >= 0.6 is 9.24 Å². The van der Waals surface area contributed by atoms with Crippen molar-refractivity contribution in [3.05, 3.63) is 0 Å². The molecule has 0 saturated carbocycles. The van der Waals surface area contributed by atoms with Gasteiger partial charge in [-0.15, -0.1) is 9.24 Å². The second kappa shape index (κ2) is 5.12. The standard InChI is InChI=1S/C5H14NO2P/c1-7-4(6)3-5(9)8-2/h4-5H,3,6,9H2,1-2H3. The van der Waals surface area contributed by atoms with E-state index < -0.39 is 0 Å². The van der Waals surface area contributed by atoms with Crippen molar-refractivity contribution in [2.24, 2.45) is 5.73 Å². The highest BCUT2D eigenvalue weighted by molar-refractivity contribution is 7.17. The molecule has 56 valence electrons. The minimum atomic E-state index is -0.215. The Morgan fingerprint density at radius 3 is 2.33 bits per heavy atom. The summed E-state index contributed by atoms with van der Waals surface area (Å²) in [4.78, 5) is 0. The van der Waals surface area contributed by atoms with Gasteiger partial charge in [-0.2, -0.15) is 0 Å². The maximum atomic E-state index is 5.43. The molecule has 0 aromatic heterocycles. The van der Waals surface area contributed by atoms with E-state index in [1.165, 1.54) is 0 Å². The Hall–Kier alpha value is 0.310. The number of hydrogen-bond acceptors (Lipinski definition) is 3. The van der Waals surface area contributed by atoms with Crippen molar-refractivity contribution < 1.29 is 9.47 Å². The van der Waals surface area contributed by atoms with Crippen LogP contribution in [-0.4, -0.2) is 26.3 Å². The molecule has 0 heterocycles. The summed E-state index contributed by atoms with van der Waals surface area (Å²) >= 11 is 0. The molecule has 9 heavy (non-hydrogen) atoms. The van der Waals surface area contributed by atoms with Crippen molar-refractivity contribution in [3.8, 4) is 0 Å². The Morgan fingerprint density at radius 1 is 1.44 bits per heavy atom. The molecule has 0 aliphatic rings. The first-order chi connectivity index (χ1) is 4.20. The Kier molecular flexibility index (Phi) is 5.30. The van der Waals surface area contributed by atoms with Crippen LogP contribution in [-0.2, 0) is 9.47 Å². The van der Waals surface area contributed by atoms with Gasteiger partial charge in [0.1, 0.15) is 6.23 Å². The normalized spacial score (nSPS) is 17.3. The molecule has 0 aliphatic carbocycles. The van der Waals surface area contributed by atoms with E-state index in [4.69, 9.17) is 15.2 Å². The third-order valence-corrected chi connectivity index (χ3v) is 1.61. The predicted octanol–water partition coefficient (Wildman–Crippen LogP) is 0.155. The van der Waals surface area contributed by atoms with E-state index in [1.54, 1.807) is 14.2 Å². The second-order valence-electron chi connectivity index (χ2n) is 1.78. The number of rotatable bonds is 4. The SMILES string of the molecule is COC(N)CC(P)OC. The number of methoxy groups -OCH3 is 2. The summed E-state index contributed by atoms with van der Waals surface area (Å²) in [6.45, 7) is 0. The highest BCUT2D eigenvalue weighted by Crippen LogP contribution is 2.07. The Labute approximate surface area is 58.1 Å². The lowest BCUT2D eigenvalue weighted by molar-refractivity contribution is 0.0596. The van der Waals surface area contributed by atoms with Crippen molar-refractivity contribution in [2.45, 2.75) is 18.5 Å². The lowest BCUT2D eigenvalue weighted by Gasteiger charge is -2.13. The summed E-state index contributed by atoms with van der Waals surface area (Å²) in [6, 6.07) is 0. The molecule has 2 N–H and O–H groups in total. The van der Waals surface area contributed by atoms with Crippen LogP contribution in [0.25, 0.3) is 0 Å². The molecule has 0 aromatic rings. The molecular weight excluding hydrogens is 137 g/mol. The molecule has 0 fully saturated rings. The van der Waals surface area contributed by atoms with E-state index in [-0.39, 0.29) is 12.1 Å². The lowest BCUT2D eigenvalue weighted by Crippen LogP contribution is -2.26. The number of nitrogens with two attached hydrogens (primary N) is 1. The summed E-state index contributed by atoms with van der Waals surface area (Å²) in [7, 11) is 5.75. The van der Waals surface area contributed by atoms with E-state index in [2.05, 4.69) is 9.24 Å². The van der Waals surface area contributed by atoms with Crippen molar-refractivity contribution >= 4 is 9.24 Å². The van der Waals surface area contributed by atoms with E-state index in [0.717, 1.165) is 0 Å². The molecule has 0 radical (unpaired) electrons. The van der Waals surface area contributed by atoms with Gasteiger partial charge in [0.2, 0.25) is 0 Å². The summed E-state index contributed by atoms with van der Waals surface area (Å²) < 4.78 is 9.73. The van der Waals surface area contributed by atoms with Gasteiger partial charge >= 0.3 is 0 Å². The third kappa shape index (κ3) is 4.79. The molecule has 0 bridgehead atoms.